The lowest BCUT2D eigenvalue weighted by Crippen LogP contribution is -2.41. The Morgan fingerprint density at radius 2 is 2.32 bits per heavy atom. The van der Waals surface area contributed by atoms with Gasteiger partial charge in [0.1, 0.15) is 6.04 Å². The van der Waals surface area contributed by atoms with E-state index in [1.54, 1.807) is 12.2 Å². The van der Waals surface area contributed by atoms with Crippen LogP contribution in [0.25, 0.3) is 0 Å². The molecule has 0 aliphatic rings. The smallest absolute Gasteiger partial charge is 0.326 e. The number of rotatable bonds is 7. The van der Waals surface area contributed by atoms with E-state index in [4.69, 9.17) is 5.11 Å². The van der Waals surface area contributed by atoms with Crippen molar-refractivity contribution in [3.05, 3.63) is 28.2 Å². The normalized spacial score (nSPS) is 12.5. The number of aryl methyl sites for hydroxylation is 1. The minimum Gasteiger partial charge on any atom is -0.480 e. The summed E-state index contributed by atoms with van der Waals surface area (Å²) in [6.45, 7) is 3.81. The van der Waals surface area contributed by atoms with Gasteiger partial charge in [-0.15, -0.1) is 11.3 Å². The lowest BCUT2D eigenvalue weighted by Gasteiger charge is -2.11. The molecule has 6 heteroatoms. The summed E-state index contributed by atoms with van der Waals surface area (Å²) in [5, 5.41) is 14.3. The monoisotopic (exact) mass is 282 g/mol. The van der Waals surface area contributed by atoms with Gasteiger partial charge < -0.3 is 10.4 Å². The Kier molecular flexibility index (Phi) is 6.21. The molecule has 1 rings (SSSR count). The van der Waals surface area contributed by atoms with Crippen LogP contribution in [0.3, 0.4) is 0 Å². The van der Waals surface area contributed by atoms with Crippen LogP contribution in [0.15, 0.2) is 17.5 Å². The van der Waals surface area contributed by atoms with E-state index in [9.17, 15) is 9.59 Å². The zero-order chi connectivity index (χ0) is 14.3. The van der Waals surface area contributed by atoms with Crippen LogP contribution < -0.4 is 5.32 Å². The van der Waals surface area contributed by atoms with Gasteiger partial charge in [0.15, 0.2) is 0 Å². The van der Waals surface area contributed by atoms with Crippen molar-refractivity contribution < 1.29 is 14.7 Å². The second kappa shape index (κ2) is 7.68. The molecule has 5 nitrogen and oxygen atoms in total. The molecule has 1 atom stereocenters. The molecule has 1 heterocycles. The van der Waals surface area contributed by atoms with E-state index in [1.165, 1.54) is 11.3 Å². The molecule has 2 N–H and O–H groups in total. The summed E-state index contributed by atoms with van der Waals surface area (Å²) in [6, 6.07) is -0.881. The predicted octanol–water partition coefficient (Wildman–Crippen LogP) is 1.78. The van der Waals surface area contributed by atoms with E-state index in [-0.39, 0.29) is 18.7 Å². The number of carbonyl (C=O) groups excluding carboxylic acids is 1. The fourth-order valence-electron chi connectivity index (χ4n) is 1.50. The highest BCUT2D eigenvalue weighted by Gasteiger charge is 2.18. The van der Waals surface area contributed by atoms with Crippen LogP contribution in [0.1, 0.15) is 31.0 Å². The van der Waals surface area contributed by atoms with Crippen molar-refractivity contribution in [2.45, 2.75) is 39.2 Å². The highest BCUT2D eigenvalue weighted by molar-refractivity contribution is 7.09. The van der Waals surface area contributed by atoms with Crippen LogP contribution in [-0.4, -0.2) is 28.0 Å². The third kappa shape index (κ3) is 5.21. The summed E-state index contributed by atoms with van der Waals surface area (Å²) >= 11 is 1.51. The molecule has 1 amide bonds. The van der Waals surface area contributed by atoms with Crippen molar-refractivity contribution in [2.24, 2.45) is 0 Å². The number of carboxylic acids is 1. The first-order chi connectivity index (χ1) is 9.06. The van der Waals surface area contributed by atoms with E-state index >= 15 is 0 Å². The number of carbonyl (C=O) groups is 2. The SMILES string of the molecule is C/C=C/CC(NC(=O)Cc1csc(CC)n1)C(=O)O. The van der Waals surface area contributed by atoms with Gasteiger partial charge in [0.25, 0.3) is 0 Å². The second-order valence-corrected chi connectivity index (χ2v) is 4.97. The predicted molar refractivity (Wildman–Crippen MR) is 74.2 cm³/mol. The van der Waals surface area contributed by atoms with E-state index < -0.39 is 12.0 Å². The van der Waals surface area contributed by atoms with Gasteiger partial charge in [-0.2, -0.15) is 0 Å². The molecule has 104 valence electrons. The molecule has 0 spiro atoms. The van der Waals surface area contributed by atoms with Crippen molar-refractivity contribution in [1.29, 1.82) is 0 Å². The molecule has 0 aliphatic carbocycles. The summed E-state index contributed by atoms with van der Waals surface area (Å²) in [6.07, 6.45) is 4.73. The maximum Gasteiger partial charge on any atom is 0.326 e. The van der Waals surface area contributed by atoms with Crippen molar-refractivity contribution in [3.63, 3.8) is 0 Å². The molecule has 0 fully saturated rings. The number of thiazole rings is 1. The molecule has 0 saturated heterocycles. The molecule has 0 aliphatic heterocycles. The van der Waals surface area contributed by atoms with Crippen molar-refractivity contribution in [1.82, 2.24) is 10.3 Å². The van der Waals surface area contributed by atoms with Gasteiger partial charge in [0.2, 0.25) is 5.91 Å². The third-order valence-electron chi connectivity index (χ3n) is 2.48. The largest absolute Gasteiger partial charge is 0.480 e. The highest BCUT2D eigenvalue weighted by Crippen LogP contribution is 2.10. The minimum absolute atomic E-state index is 0.121. The van der Waals surface area contributed by atoms with Gasteiger partial charge >= 0.3 is 5.97 Å². The number of hydrogen-bond acceptors (Lipinski definition) is 4. The molecule has 1 aromatic rings. The van der Waals surface area contributed by atoms with Crippen molar-refractivity contribution in [3.8, 4) is 0 Å². The minimum atomic E-state index is -1.03. The fourth-order valence-corrected chi connectivity index (χ4v) is 2.24. The second-order valence-electron chi connectivity index (χ2n) is 4.03. The number of nitrogens with one attached hydrogen (secondary N) is 1. The van der Waals surface area contributed by atoms with Crippen molar-refractivity contribution in [2.75, 3.05) is 0 Å². The van der Waals surface area contributed by atoms with Crippen LogP contribution in [0, 0.1) is 0 Å². The summed E-state index contributed by atoms with van der Waals surface area (Å²) in [7, 11) is 0. The summed E-state index contributed by atoms with van der Waals surface area (Å²) < 4.78 is 0. The topological polar surface area (TPSA) is 79.3 Å². The van der Waals surface area contributed by atoms with Gasteiger partial charge in [0.05, 0.1) is 17.1 Å². The van der Waals surface area contributed by atoms with E-state index in [0.29, 0.717) is 5.69 Å². The zero-order valence-electron chi connectivity index (χ0n) is 11.0. The number of carboxylic acid groups (broad SMARTS) is 1. The molecule has 0 aromatic carbocycles. The molecular weight excluding hydrogens is 264 g/mol. The Morgan fingerprint density at radius 1 is 1.58 bits per heavy atom. The van der Waals surface area contributed by atoms with Crippen molar-refractivity contribution >= 4 is 23.2 Å². The van der Waals surface area contributed by atoms with E-state index in [2.05, 4.69) is 10.3 Å². The lowest BCUT2D eigenvalue weighted by atomic mass is 10.2. The molecule has 1 unspecified atom stereocenters. The van der Waals surface area contributed by atoms with Crippen LogP contribution >= 0.6 is 11.3 Å². The van der Waals surface area contributed by atoms with E-state index in [0.717, 1.165) is 11.4 Å². The first kappa shape index (κ1) is 15.4. The Morgan fingerprint density at radius 3 is 2.84 bits per heavy atom. The number of allylic oxidation sites excluding steroid dienone is 1. The summed E-state index contributed by atoms with van der Waals surface area (Å²) in [5.41, 5.74) is 0.689. The first-order valence-electron chi connectivity index (χ1n) is 6.13. The Labute approximate surface area is 116 Å². The first-order valence-corrected chi connectivity index (χ1v) is 7.01. The van der Waals surface area contributed by atoms with Gasteiger partial charge in [-0.05, 0) is 19.8 Å². The van der Waals surface area contributed by atoms with Crippen LogP contribution in [0.4, 0.5) is 0 Å². The number of amides is 1. The summed E-state index contributed by atoms with van der Waals surface area (Å²) in [4.78, 5) is 27.0. The maximum atomic E-state index is 11.8. The van der Waals surface area contributed by atoms with Gasteiger partial charge in [0, 0.05) is 5.38 Å². The molecule has 0 saturated carbocycles. The van der Waals surface area contributed by atoms with Crippen LogP contribution in [0.2, 0.25) is 0 Å². The highest BCUT2D eigenvalue weighted by atomic mass is 32.1. The average Bonchev–Trinajstić information content (AvgIpc) is 2.81. The molecule has 0 radical (unpaired) electrons. The number of aromatic nitrogens is 1. The summed E-state index contributed by atoms with van der Waals surface area (Å²) in [5.74, 6) is -1.34. The quantitative estimate of drug-likeness (QED) is 0.747. The Balaban J connectivity index is 2.54. The van der Waals surface area contributed by atoms with Gasteiger partial charge in [-0.25, -0.2) is 9.78 Å². The van der Waals surface area contributed by atoms with Crippen LogP contribution in [-0.2, 0) is 22.4 Å². The Hall–Kier alpha value is -1.69. The maximum absolute atomic E-state index is 11.8. The lowest BCUT2D eigenvalue weighted by molar-refractivity contribution is -0.141. The molecule has 19 heavy (non-hydrogen) atoms. The number of hydrogen-bond donors (Lipinski definition) is 2. The van der Waals surface area contributed by atoms with Gasteiger partial charge in [-0.3, -0.25) is 4.79 Å². The Bertz CT molecular complexity index is 468. The third-order valence-corrected chi connectivity index (χ3v) is 3.53. The van der Waals surface area contributed by atoms with E-state index in [1.807, 2.05) is 19.2 Å². The standard InChI is InChI=1S/C13H18N2O3S/c1-3-5-6-10(13(17)18)15-11(16)7-9-8-19-12(4-2)14-9/h3,5,8,10H,4,6-7H2,1-2H3,(H,15,16)(H,17,18)/b5-3+. The molecular formula is C13H18N2O3S. The number of nitrogens with zero attached hydrogens (tertiary/aromatic N) is 1. The zero-order valence-corrected chi connectivity index (χ0v) is 11.9. The molecule has 1 aromatic heterocycles. The van der Waals surface area contributed by atoms with Gasteiger partial charge in [-0.1, -0.05) is 19.1 Å². The number of aliphatic carboxylic acids is 1. The van der Waals surface area contributed by atoms with Crippen LogP contribution in [0.5, 0.6) is 0 Å². The fraction of sp³-hybridized carbons (Fsp3) is 0.462. The average molecular weight is 282 g/mol. The molecule has 0 bridgehead atoms.